The van der Waals surface area contributed by atoms with E-state index < -0.39 is 0 Å². The third-order valence-electron chi connectivity index (χ3n) is 2.42. The van der Waals surface area contributed by atoms with E-state index in [-0.39, 0.29) is 11.9 Å². The molecule has 0 saturated carbocycles. The van der Waals surface area contributed by atoms with Crippen LogP contribution in [0, 0.1) is 0 Å². The van der Waals surface area contributed by atoms with Gasteiger partial charge in [0.1, 0.15) is 5.69 Å². The molecule has 1 heterocycles. The Balaban J connectivity index is 2.51. The van der Waals surface area contributed by atoms with Gasteiger partial charge < -0.3 is 11.1 Å². The Morgan fingerprint density at radius 3 is 2.82 bits per heavy atom. The SMILES string of the molecule is CC(C)NC(=O)c1nccc2cc(N)ccc12. The number of nitrogens with zero attached hydrogens (tertiary/aromatic N) is 1. The molecule has 0 bridgehead atoms. The molecule has 0 spiro atoms. The van der Waals surface area contributed by atoms with Gasteiger partial charge in [0.15, 0.2) is 0 Å². The zero-order valence-electron chi connectivity index (χ0n) is 9.90. The van der Waals surface area contributed by atoms with Crippen molar-refractivity contribution in [3.8, 4) is 0 Å². The van der Waals surface area contributed by atoms with Gasteiger partial charge in [-0.3, -0.25) is 9.78 Å². The number of benzene rings is 1. The predicted octanol–water partition coefficient (Wildman–Crippen LogP) is 1.96. The molecule has 0 aliphatic heterocycles. The van der Waals surface area contributed by atoms with Crippen LogP contribution in [-0.2, 0) is 0 Å². The highest BCUT2D eigenvalue weighted by Crippen LogP contribution is 2.19. The summed E-state index contributed by atoms with van der Waals surface area (Å²) in [5.41, 5.74) is 6.83. The van der Waals surface area contributed by atoms with Gasteiger partial charge in [0.05, 0.1) is 0 Å². The molecule has 0 radical (unpaired) electrons. The van der Waals surface area contributed by atoms with Crippen molar-refractivity contribution in [3.05, 3.63) is 36.2 Å². The van der Waals surface area contributed by atoms with E-state index >= 15 is 0 Å². The van der Waals surface area contributed by atoms with E-state index in [1.165, 1.54) is 0 Å². The van der Waals surface area contributed by atoms with Gasteiger partial charge in [-0.15, -0.1) is 0 Å². The number of nitrogens with two attached hydrogens (primary N) is 1. The summed E-state index contributed by atoms with van der Waals surface area (Å²) in [5.74, 6) is -0.157. The molecule has 0 unspecified atom stereocenters. The summed E-state index contributed by atoms with van der Waals surface area (Å²) in [6.45, 7) is 3.84. The fourth-order valence-electron chi connectivity index (χ4n) is 1.71. The van der Waals surface area contributed by atoms with E-state index in [1.54, 1.807) is 12.3 Å². The van der Waals surface area contributed by atoms with Crippen LogP contribution in [0.25, 0.3) is 10.8 Å². The standard InChI is InChI=1S/C13H15N3O/c1-8(2)16-13(17)12-11-4-3-10(14)7-9(11)5-6-15-12/h3-8H,14H2,1-2H3,(H,16,17). The van der Waals surface area contributed by atoms with E-state index in [4.69, 9.17) is 5.73 Å². The number of carbonyl (C=O) groups is 1. The molecule has 1 aromatic carbocycles. The van der Waals surface area contributed by atoms with Gasteiger partial charge in [-0.1, -0.05) is 0 Å². The minimum atomic E-state index is -0.157. The van der Waals surface area contributed by atoms with Gasteiger partial charge in [0, 0.05) is 23.3 Å². The molecule has 0 aliphatic rings. The van der Waals surface area contributed by atoms with Crippen LogP contribution in [0.2, 0.25) is 0 Å². The lowest BCUT2D eigenvalue weighted by Crippen LogP contribution is -2.30. The first-order valence-corrected chi connectivity index (χ1v) is 5.53. The maximum atomic E-state index is 11.9. The molecule has 0 saturated heterocycles. The number of rotatable bonds is 2. The number of nitrogens with one attached hydrogen (secondary N) is 1. The molecular formula is C13H15N3O. The normalized spacial score (nSPS) is 10.8. The molecule has 4 nitrogen and oxygen atoms in total. The smallest absolute Gasteiger partial charge is 0.270 e. The maximum Gasteiger partial charge on any atom is 0.270 e. The van der Waals surface area contributed by atoms with Crippen molar-refractivity contribution in [1.29, 1.82) is 0 Å². The van der Waals surface area contributed by atoms with Crippen molar-refractivity contribution in [3.63, 3.8) is 0 Å². The number of nitrogen functional groups attached to an aromatic ring is 1. The highest BCUT2D eigenvalue weighted by atomic mass is 16.1. The van der Waals surface area contributed by atoms with Crippen LogP contribution in [0.4, 0.5) is 5.69 Å². The Hall–Kier alpha value is -2.10. The number of hydrogen-bond donors (Lipinski definition) is 2. The second kappa shape index (κ2) is 4.41. The topological polar surface area (TPSA) is 68.0 Å². The summed E-state index contributed by atoms with van der Waals surface area (Å²) < 4.78 is 0. The Morgan fingerprint density at radius 2 is 2.12 bits per heavy atom. The van der Waals surface area contributed by atoms with Crippen LogP contribution in [0.1, 0.15) is 24.3 Å². The number of amides is 1. The lowest BCUT2D eigenvalue weighted by Gasteiger charge is -2.09. The fraction of sp³-hybridized carbons (Fsp3) is 0.231. The number of pyridine rings is 1. The summed E-state index contributed by atoms with van der Waals surface area (Å²) in [4.78, 5) is 16.1. The van der Waals surface area contributed by atoms with Crippen molar-refractivity contribution in [2.45, 2.75) is 19.9 Å². The zero-order chi connectivity index (χ0) is 12.4. The van der Waals surface area contributed by atoms with E-state index in [0.29, 0.717) is 11.4 Å². The number of hydrogen-bond acceptors (Lipinski definition) is 3. The van der Waals surface area contributed by atoms with Crippen molar-refractivity contribution in [2.24, 2.45) is 0 Å². The molecular weight excluding hydrogens is 214 g/mol. The van der Waals surface area contributed by atoms with Crippen LogP contribution in [-0.4, -0.2) is 16.9 Å². The molecule has 0 atom stereocenters. The lowest BCUT2D eigenvalue weighted by atomic mass is 10.1. The van der Waals surface area contributed by atoms with Gasteiger partial charge in [-0.05, 0) is 43.5 Å². The molecule has 1 amide bonds. The largest absolute Gasteiger partial charge is 0.399 e. The Kier molecular flexibility index (Phi) is 2.95. The number of carbonyl (C=O) groups excluding carboxylic acids is 1. The highest BCUT2D eigenvalue weighted by Gasteiger charge is 2.12. The van der Waals surface area contributed by atoms with Crippen LogP contribution in [0.5, 0.6) is 0 Å². The Morgan fingerprint density at radius 1 is 1.35 bits per heavy atom. The van der Waals surface area contributed by atoms with Crippen LogP contribution in [0.15, 0.2) is 30.5 Å². The first kappa shape index (κ1) is 11.4. The van der Waals surface area contributed by atoms with Gasteiger partial charge in [0.25, 0.3) is 5.91 Å². The quantitative estimate of drug-likeness (QED) is 0.773. The minimum absolute atomic E-state index is 0.0911. The molecule has 17 heavy (non-hydrogen) atoms. The second-order valence-corrected chi connectivity index (χ2v) is 4.27. The number of fused-ring (bicyclic) bond motifs is 1. The van der Waals surface area contributed by atoms with Crippen molar-refractivity contribution in [1.82, 2.24) is 10.3 Å². The average molecular weight is 229 g/mol. The van der Waals surface area contributed by atoms with E-state index in [1.807, 2.05) is 32.0 Å². The van der Waals surface area contributed by atoms with E-state index in [0.717, 1.165) is 10.8 Å². The van der Waals surface area contributed by atoms with Gasteiger partial charge in [-0.2, -0.15) is 0 Å². The first-order chi connectivity index (χ1) is 8.08. The highest BCUT2D eigenvalue weighted by molar-refractivity contribution is 6.05. The molecule has 3 N–H and O–H groups in total. The summed E-state index contributed by atoms with van der Waals surface area (Å²) >= 11 is 0. The third kappa shape index (κ3) is 2.36. The van der Waals surface area contributed by atoms with E-state index in [9.17, 15) is 4.79 Å². The van der Waals surface area contributed by atoms with Crippen molar-refractivity contribution in [2.75, 3.05) is 5.73 Å². The van der Waals surface area contributed by atoms with E-state index in [2.05, 4.69) is 10.3 Å². The van der Waals surface area contributed by atoms with Gasteiger partial charge in [0.2, 0.25) is 0 Å². The Bertz CT molecular complexity index is 564. The monoisotopic (exact) mass is 229 g/mol. The molecule has 88 valence electrons. The van der Waals surface area contributed by atoms with Crippen molar-refractivity contribution < 1.29 is 4.79 Å². The number of aromatic nitrogens is 1. The molecule has 0 fully saturated rings. The molecule has 2 aromatic rings. The average Bonchev–Trinajstić information content (AvgIpc) is 2.26. The summed E-state index contributed by atoms with van der Waals surface area (Å²) in [6, 6.07) is 7.37. The summed E-state index contributed by atoms with van der Waals surface area (Å²) in [6.07, 6.45) is 1.62. The molecule has 2 rings (SSSR count). The van der Waals surface area contributed by atoms with Gasteiger partial charge in [-0.25, -0.2) is 0 Å². The summed E-state index contributed by atoms with van der Waals surface area (Å²) in [5, 5.41) is 4.58. The molecule has 4 heteroatoms. The lowest BCUT2D eigenvalue weighted by molar-refractivity contribution is 0.0940. The third-order valence-corrected chi connectivity index (χ3v) is 2.42. The zero-order valence-corrected chi connectivity index (χ0v) is 9.90. The summed E-state index contributed by atoms with van der Waals surface area (Å²) in [7, 11) is 0. The first-order valence-electron chi connectivity index (χ1n) is 5.53. The Labute approximate surface area is 99.8 Å². The van der Waals surface area contributed by atoms with Crippen molar-refractivity contribution >= 4 is 22.4 Å². The minimum Gasteiger partial charge on any atom is -0.399 e. The second-order valence-electron chi connectivity index (χ2n) is 4.27. The number of anilines is 1. The van der Waals surface area contributed by atoms with Crippen LogP contribution in [0.3, 0.4) is 0 Å². The fourth-order valence-corrected chi connectivity index (χ4v) is 1.71. The van der Waals surface area contributed by atoms with Crippen LogP contribution >= 0.6 is 0 Å². The predicted molar refractivity (Wildman–Crippen MR) is 68.8 cm³/mol. The van der Waals surface area contributed by atoms with Crippen LogP contribution < -0.4 is 11.1 Å². The maximum absolute atomic E-state index is 11.9. The van der Waals surface area contributed by atoms with Gasteiger partial charge >= 0.3 is 0 Å². The molecule has 1 aromatic heterocycles. The molecule has 0 aliphatic carbocycles.